The average molecular weight is 207 g/mol. The quantitative estimate of drug-likeness (QED) is 0.817. The van der Waals surface area contributed by atoms with Crippen molar-refractivity contribution in [3.8, 4) is 0 Å². The molecule has 0 aliphatic carbocycles. The minimum atomic E-state index is 0.395. The van der Waals surface area contributed by atoms with Crippen molar-refractivity contribution in [1.29, 1.82) is 0 Å². The SMILES string of the molecule is CCC1(CCc2nccn2C)CCCN1. The third-order valence-electron chi connectivity index (χ3n) is 3.76. The highest BCUT2D eigenvalue weighted by Gasteiger charge is 2.31. The molecule has 0 amide bonds. The van der Waals surface area contributed by atoms with Gasteiger partial charge < -0.3 is 9.88 Å². The molecule has 0 aromatic carbocycles. The Hall–Kier alpha value is -0.830. The Bertz CT molecular complexity index is 310. The molecule has 15 heavy (non-hydrogen) atoms. The molecule has 0 spiro atoms. The lowest BCUT2D eigenvalue weighted by Gasteiger charge is -2.28. The van der Waals surface area contributed by atoms with Gasteiger partial charge in [0.25, 0.3) is 0 Å². The summed E-state index contributed by atoms with van der Waals surface area (Å²) < 4.78 is 2.12. The molecular formula is C12H21N3. The van der Waals surface area contributed by atoms with Crippen molar-refractivity contribution in [2.75, 3.05) is 6.54 Å². The summed E-state index contributed by atoms with van der Waals surface area (Å²) in [6.07, 6.45) is 10.1. The van der Waals surface area contributed by atoms with Crippen LogP contribution in [-0.2, 0) is 13.5 Å². The number of aromatic nitrogens is 2. The van der Waals surface area contributed by atoms with Crippen LogP contribution in [0.5, 0.6) is 0 Å². The molecule has 0 saturated carbocycles. The number of imidazole rings is 1. The summed E-state index contributed by atoms with van der Waals surface area (Å²) in [5, 5.41) is 3.66. The van der Waals surface area contributed by atoms with Gasteiger partial charge in [0.1, 0.15) is 5.82 Å². The monoisotopic (exact) mass is 207 g/mol. The number of rotatable bonds is 4. The molecule has 84 valence electrons. The van der Waals surface area contributed by atoms with Crippen molar-refractivity contribution in [3.63, 3.8) is 0 Å². The van der Waals surface area contributed by atoms with E-state index in [1.165, 1.54) is 38.1 Å². The molecule has 1 aliphatic rings. The van der Waals surface area contributed by atoms with Crippen LogP contribution in [0, 0.1) is 0 Å². The van der Waals surface area contributed by atoms with Crippen molar-refractivity contribution >= 4 is 0 Å². The number of hydrogen-bond acceptors (Lipinski definition) is 2. The van der Waals surface area contributed by atoms with Crippen LogP contribution in [0.1, 0.15) is 38.4 Å². The van der Waals surface area contributed by atoms with E-state index in [1.54, 1.807) is 0 Å². The van der Waals surface area contributed by atoms with Gasteiger partial charge in [-0.3, -0.25) is 0 Å². The van der Waals surface area contributed by atoms with Crippen LogP contribution in [0.15, 0.2) is 12.4 Å². The van der Waals surface area contributed by atoms with Crippen molar-refractivity contribution < 1.29 is 0 Å². The summed E-state index contributed by atoms with van der Waals surface area (Å²) in [5.74, 6) is 1.21. The second-order valence-corrected chi connectivity index (χ2v) is 4.62. The molecule has 1 aliphatic heterocycles. The molecule has 0 bridgehead atoms. The third-order valence-corrected chi connectivity index (χ3v) is 3.76. The first kappa shape index (κ1) is 10.7. The first-order valence-electron chi connectivity index (χ1n) is 5.97. The Labute approximate surface area is 91.9 Å². The van der Waals surface area contributed by atoms with Crippen LogP contribution in [0.4, 0.5) is 0 Å². The van der Waals surface area contributed by atoms with Crippen LogP contribution in [-0.4, -0.2) is 21.6 Å². The second-order valence-electron chi connectivity index (χ2n) is 4.62. The fourth-order valence-electron chi connectivity index (χ4n) is 2.55. The lowest BCUT2D eigenvalue weighted by atomic mass is 9.89. The van der Waals surface area contributed by atoms with E-state index in [2.05, 4.69) is 28.8 Å². The molecule has 1 aromatic heterocycles. The fourth-order valence-corrected chi connectivity index (χ4v) is 2.55. The van der Waals surface area contributed by atoms with Crippen molar-refractivity contribution in [2.45, 2.75) is 44.6 Å². The van der Waals surface area contributed by atoms with Crippen molar-refractivity contribution in [1.82, 2.24) is 14.9 Å². The molecule has 1 saturated heterocycles. The van der Waals surface area contributed by atoms with Crippen LogP contribution in [0.25, 0.3) is 0 Å². The number of aryl methyl sites for hydroxylation is 2. The largest absolute Gasteiger partial charge is 0.338 e. The van der Waals surface area contributed by atoms with Gasteiger partial charge >= 0.3 is 0 Å². The van der Waals surface area contributed by atoms with Crippen LogP contribution < -0.4 is 5.32 Å². The maximum atomic E-state index is 4.38. The zero-order valence-corrected chi connectivity index (χ0v) is 9.79. The Morgan fingerprint density at radius 3 is 3.00 bits per heavy atom. The Kier molecular flexibility index (Phi) is 3.10. The lowest BCUT2D eigenvalue weighted by Crippen LogP contribution is -2.39. The number of hydrogen-bond donors (Lipinski definition) is 1. The second kappa shape index (κ2) is 4.35. The molecule has 1 fully saturated rings. The molecular weight excluding hydrogens is 186 g/mol. The summed E-state index contributed by atoms with van der Waals surface area (Å²) in [5.41, 5.74) is 0.395. The molecule has 2 rings (SSSR count). The summed E-state index contributed by atoms with van der Waals surface area (Å²) in [7, 11) is 2.07. The van der Waals surface area contributed by atoms with E-state index in [4.69, 9.17) is 0 Å². The maximum Gasteiger partial charge on any atom is 0.108 e. The molecule has 3 heteroatoms. The van der Waals surface area contributed by atoms with E-state index in [1.807, 2.05) is 12.4 Å². The highest BCUT2D eigenvalue weighted by Crippen LogP contribution is 2.27. The van der Waals surface area contributed by atoms with Crippen molar-refractivity contribution in [2.24, 2.45) is 7.05 Å². The smallest absolute Gasteiger partial charge is 0.108 e. The van der Waals surface area contributed by atoms with Gasteiger partial charge in [0, 0.05) is 31.4 Å². The molecule has 1 atom stereocenters. The van der Waals surface area contributed by atoms with Gasteiger partial charge in [-0.05, 0) is 32.2 Å². The number of nitrogens with zero attached hydrogens (tertiary/aromatic N) is 2. The first-order valence-corrected chi connectivity index (χ1v) is 5.97. The van der Waals surface area contributed by atoms with Gasteiger partial charge in [-0.2, -0.15) is 0 Å². The summed E-state index contributed by atoms with van der Waals surface area (Å²) in [6.45, 7) is 3.48. The molecule has 1 unspecified atom stereocenters. The van der Waals surface area contributed by atoms with Gasteiger partial charge in [-0.15, -0.1) is 0 Å². The van der Waals surface area contributed by atoms with Crippen molar-refractivity contribution in [3.05, 3.63) is 18.2 Å². The predicted molar refractivity (Wildman–Crippen MR) is 61.8 cm³/mol. The normalized spacial score (nSPS) is 26.0. The van der Waals surface area contributed by atoms with E-state index in [9.17, 15) is 0 Å². The van der Waals surface area contributed by atoms with E-state index in [0.29, 0.717) is 5.54 Å². The first-order chi connectivity index (χ1) is 7.26. The van der Waals surface area contributed by atoms with E-state index in [0.717, 1.165) is 6.42 Å². The molecule has 0 radical (unpaired) electrons. The Morgan fingerprint density at radius 1 is 1.60 bits per heavy atom. The minimum Gasteiger partial charge on any atom is -0.338 e. The van der Waals surface area contributed by atoms with Gasteiger partial charge in [0.2, 0.25) is 0 Å². The zero-order chi connectivity index (χ0) is 10.7. The molecule has 1 aromatic rings. The summed E-state index contributed by atoms with van der Waals surface area (Å²) >= 11 is 0. The van der Waals surface area contributed by atoms with E-state index in [-0.39, 0.29) is 0 Å². The number of nitrogens with one attached hydrogen (secondary N) is 1. The minimum absolute atomic E-state index is 0.395. The Morgan fingerprint density at radius 2 is 2.47 bits per heavy atom. The van der Waals surface area contributed by atoms with Crippen LogP contribution in [0.3, 0.4) is 0 Å². The van der Waals surface area contributed by atoms with E-state index >= 15 is 0 Å². The summed E-state index contributed by atoms with van der Waals surface area (Å²) in [6, 6.07) is 0. The Balaban J connectivity index is 1.94. The average Bonchev–Trinajstić information content (AvgIpc) is 2.85. The standard InChI is InChI=1S/C12H21N3/c1-3-12(6-4-8-14-12)7-5-11-13-9-10-15(11)2/h9-10,14H,3-8H2,1-2H3. The zero-order valence-electron chi connectivity index (χ0n) is 9.79. The van der Waals surface area contributed by atoms with E-state index < -0.39 is 0 Å². The fraction of sp³-hybridized carbons (Fsp3) is 0.750. The topological polar surface area (TPSA) is 29.9 Å². The summed E-state index contributed by atoms with van der Waals surface area (Å²) in [4.78, 5) is 4.38. The van der Waals surface area contributed by atoms with Crippen LogP contribution in [0.2, 0.25) is 0 Å². The highest BCUT2D eigenvalue weighted by molar-refractivity contribution is 4.98. The highest BCUT2D eigenvalue weighted by atomic mass is 15.0. The van der Waals surface area contributed by atoms with Gasteiger partial charge in [-0.1, -0.05) is 6.92 Å². The maximum absolute atomic E-state index is 4.38. The van der Waals surface area contributed by atoms with Crippen LogP contribution >= 0.6 is 0 Å². The molecule has 3 nitrogen and oxygen atoms in total. The van der Waals surface area contributed by atoms with Gasteiger partial charge in [0.15, 0.2) is 0 Å². The van der Waals surface area contributed by atoms with Gasteiger partial charge in [-0.25, -0.2) is 4.98 Å². The molecule has 2 heterocycles. The predicted octanol–water partition coefficient (Wildman–Crippen LogP) is 1.88. The molecule has 1 N–H and O–H groups in total. The van der Waals surface area contributed by atoms with Gasteiger partial charge in [0.05, 0.1) is 0 Å². The lowest BCUT2D eigenvalue weighted by molar-refractivity contribution is 0.333. The third kappa shape index (κ3) is 2.23.